The van der Waals surface area contributed by atoms with Crippen molar-refractivity contribution in [3.05, 3.63) is 40.0 Å². The van der Waals surface area contributed by atoms with Gasteiger partial charge in [0, 0.05) is 25.1 Å². The number of rotatable bonds is 6. The van der Waals surface area contributed by atoms with E-state index < -0.39 is 5.60 Å². The molecule has 1 aliphatic rings. The fourth-order valence-electron chi connectivity index (χ4n) is 4.06. The molecule has 2 heterocycles. The number of imidazole rings is 1. The van der Waals surface area contributed by atoms with E-state index in [4.69, 9.17) is 4.74 Å². The second kappa shape index (κ2) is 8.30. The normalized spacial score (nSPS) is 18.3. The average molecular weight is 415 g/mol. The molecular formula is C23H34N4O3. The second-order valence-electron chi connectivity index (χ2n) is 8.89. The number of benzene rings is 1. The Kier molecular flexibility index (Phi) is 6.13. The van der Waals surface area contributed by atoms with Gasteiger partial charge in [-0.3, -0.25) is 4.79 Å². The number of H-pyrrole nitrogens is 1. The first kappa shape index (κ1) is 22.2. The first-order chi connectivity index (χ1) is 14.0. The molecule has 0 saturated carbocycles. The van der Waals surface area contributed by atoms with E-state index in [2.05, 4.69) is 14.9 Å². The summed E-state index contributed by atoms with van der Waals surface area (Å²) in [5.74, 6) is 1.88. The maximum Gasteiger partial charge on any atom is 0.266 e. The van der Waals surface area contributed by atoms with Gasteiger partial charge in [-0.15, -0.1) is 0 Å². The van der Waals surface area contributed by atoms with Gasteiger partial charge in [-0.1, -0.05) is 0 Å². The largest absolute Gasteiger partial charge is 0.507 e. The van der Waals surface area contributed by atoms with Crippen LogP contribution in [0, 0.1) is 27.7 Å². The summed E-state index contributed by atoms with van der Waals surface area (Å²) in [4.78, 5) is 25.1. The Morgan fingerprint density at radius 1 is 1.20 bits per heavy atom. The highest BCUT2D eigenvalue weighted by atomic mass is 16.5. The lowest BCUT2D eigenvalue weighted by Crippen LogP contribution is -2.53. The molecule has 3 rings (SSSR count). The number of ether oxygens (including phenoxy) is 1. The molecule has 30 heavy (non-hydrogen) atoms. The Hall–Kier alpha value is -2.54. The molecule has 0 aliphatic carbocycles. The molecule has 0 saturated heterocycles. The van der Waals surface area contributed by atoms with Gasteiger partial charge in [-0.2, -0.15) is 0 Å². The number of aryl methyl sites for hydroxylation is 1. The van der Waals surface area contributed by atoms with E-state index in [0.717, 1.165) is 46.1 Å². The summed E-state index contributed by atoms with van der Waals surface area (Å²) >= 11 is 0. The van der Waals surface area contributed by atoms with Crippen LogP contribution in [-0.2, 0) is 17.8 Å². The number of aromatic hydroxyl groups is 1. The monoisotopic (exact) mass is 414 g/mol. The van der Waals surface area contributed by atoms with Gasteiger partial charge < -0.3 is 24.6 Å². The zero-order valence-electron chi connectivity index (χ0n) is 19.2. The van der Waals surface area contributed by atoms with Crippen LogP contribution < -0.4 is 4.74 Å². The topological polar surface area (TPSA) is 81.7 Å². The van der Waals surface area contributed by atoms with Crippen molar-refractivity contribution in [3.8, 4) is 11.5 Å². The number of phenols is 1. The standard InChI is InChI=1S/C23H34N4O3/c1-14-15(2)21-19(16(3)20(14)28)8-9-23(5,30-21)22(29)27(11-10-26(6)7)13-18-12-24-17(4)25-18/h12,28H,8-11,13H2,1-7H3,(H,24,25). The molecule has 0 radical (unpaired) electrons. The third-order valence-corrected chi connectivity index (χ3v) is 6.19. The van der Waals surface area contributed by atoms with Crippen LogP contribution in [0.3, 0.4) is 0 Å². The molecule has 1 atom stereocenters. The van der Waals surface area contributed by atoms with E-state index in [0.29, 0.717) is 31.7 Å². The van der Waals surface area contributed by atoms with Crippen molar-refractivity contribution < 1.29 is 14.6 Å². The molecule has 7 heteroatoms. The van der Waals surface area contributed by atoms with Gasteiger partial charge in [0.15, 0.2) is 5.60 Å². The van der Waals surface area contributed by atoms with Crippen molar-refractivity contribution in [1.29, 1.82) is 0 Å². The fraction of sp³-hybridized carbons (Fsp3) is 0.565. The van der Waals surface area contributed by atoms with Crippen LogP contribution in [0.4, 0.5) is 0 Å². The van der Waals surface area contributed by atoms with Gasteiger partial charge in [0.05, 0.1) is 18.4 Å². The van der Waals surface area contributed by atoms with Crippen LogP contribution >= 0.6 is 0 Å². The molecule has 1 amide bonds. The maximum atomic E-state index is 13.7. The van der Waals surface area contributed by atoms with Crippen LogP contribution in [0.25, 0.3) is 0 Å². The minimum Gasteiger partial charge on any atom is -0.507 e. The lowest BCUT2D eigenvalue weighted by molar-refractivity contribution is -0.149. The number of nitrogens with one attached hydrogen (secondary N) is 1. The third-order valence-electron chi connectivity index (χ3n) is 6.19. The number of hydrogen-bond donors (Lipinski definition) is 2. The number of carbonyl (C=O) groups excluding carboxylic acids is 1. The molecule has 7 nitrogen and oxygen atoms in total. The van der Waals surface area contributed by atoms with Crippen molar-refractivity contribution in [2.45, 2.75) is 59.6 Å². The zero-order valence-corrected chi connectivity index (χ0v) is 19.2. The summed E-state index contributed by atoms with van der Waals surface area (Å²) < 4.78 is 6.42. The Morgan fingerprint density at radius 2 is 1.90 bits per heavy atom. The van der Waals surface area contributed by atoms with Crippen molar-refractivity contribution in [2.75, 3.05) is 27.2 Å². The fourth-order valence-corrected chi connectivity index (χ4v) is 4.06. The zero-order chi connectivity index (χ0) is 22.2. The number of hydrogen-bond acceptors (Lipinski definition) is 5. The third kappa shape index (κ3) is 4.17. The Morgan fingerprint density at radius 3 is 2.50 bits per heavy atom. The summed E-state index contributed by atoms with van der Waals surface area (Å²) in [5, 5.41) is 10.4. The SMILES string of the molecule is Cc1ncc(CN(CCN(C)C)C(=O)C2(C)CCc3c(C)c(O)c(C)c(C)c3O2)[nH]1. The number of amides is 1. The molecule has 164 valence electrons. The molecule has 0 fully saturated rings. The number of phenolic OH excluding ortho intramolecular Hbond substituents is 1. The first-order valence-corrected chi connectivity index (χ1v) is 10.5. The quantitative estimate of drug-likeness (QED) is 0.759. The average Bonchev–Trinajstić information content (AvgIpc) is 3.11. The second-order valence-corrected chi connectivity index (χ2v) is 8.89. The molecule has 1 aromatic heterocycles. The van der Waals surface area contributed by atoms with Crippen molar-refractivity contribution in [1.82, 2.24) is 19.8 Å². The summed E-state index contributed by atoms with van der Waals surface area (Å²) in [6, 6.07) is 0. The highest BCUT2D eigenvalue weighted by molar-refractivity contribution is 5.86. The summed E-state index contributed by atoms with van der Waals surface area (Å²) in [6.45, 7) is 11.4. The van der Waals surface area contributed by atoms with Crippen LogP contribution in [0.5, 0.6) is 11.5 Å². The van der Waals surface area contributed by atoms with Gasteiger partial charge in [0.25, 0.3) is 5.91 Å². The Labute approximate surface area is 179 Å². The first-order valence-electron chi connectivity index (χ1n) is 10.5. The van der Waals surface area contributed by atoms with Crippen LogP contribution in [0.15, 0.2) is 6.20 Å². The van der Waals surface area contributed by atoms with E-state index in [9.17, 15) is 9.90 Å². The Balaban J connectivity index is 1.90. The molecule has 0 spiro atoms. The van der Waals surface area contributed by atoms with E-state index >= 15 is 0 Å². The number of fused-ring (bicyclic) bond motifs is 1. The predicted molar refractivity (Wildman–Crippen MR) is 117 cm³/mol. The van der Waals surface area contributed by atoms with E-state index in [1.807, 2.05) is 53.6 Å². The number of aromatic nitrogens is 2. The predicted octanol–water partition coefficient (Wildman–Crippen LogP) is 3.02. The molecule has 2 N–H and O–H groups in total. The molecule has 1 aromatic carbocycles. The van der Waals surface area contributed by atoms with Gasteiger partial charge in [-0.05, 0) is 71.8 Å². The Bertz CT molecular complexity index is 950. The number of carbonyl (C=O) groups is 1. The van der Waals surface area contributed by atoms with Crippen molar-refractivity contribution in [3.63, 3.8) is 0 Å². The number of nitrogens with zero attached hydrogens (tertiary/aromatic N) is 3. The lowest BCUT2D eigenvalue weighted by Gasteiger charge is -2.39. The summed E-state index contributed by atoms with van der Waals surface area (Å²) in [5.41, 5.74) is 3.52. The van der Waals surface area contributed by atoms with E-state index in [1.165, 1.54) is 0 Å². The lowest BCUT2D eigenvalue weighted by atomic mass is 9.86. The van der Waals surface area contributed by atoms with Gasteiger partial charge in [-0.25, -0.2) is 4.98 Å². The van der Waals surface area contributed by atoms with Crippen LogP contribution in [0.1, 0.15) is 47.1 Å². The minimum absolute atomic E-state index is 0.0231. The molecule has 2 aromatic rings. The van der Waals surface area contributed by atoms with E-state index in [1.54, 1.807) is 6.20 Å². The summed E-state index contributed by atoms with van der Waals surface area (Å²) in [7, 11) is 4.00. The highest BCUT2D eigenvalue weighted by Crippen LogP contribution is 2.43. The minimum atomic E-state index is -0.949. The molecular weight excluding hydrogens is 380 g/mol. The molecule has 1 aliphatic heterocycles. The maximum absolute atomic E-state index is 13.7. The molecule has 0 bridgehead atoms. The number of likely N-dealkylation sites (N-methyl/N-ethyl adjacent to an activating group) is 1. The van der Waals surface area contributed by atoms with Crippen molar-refractivity contribution in [2.24, 2.45) is 0 Å². The summed E-state index contributed by atoms with van der Waals surface area (Å²) in [6.07, 6.45) is 3.05. The smallest absolute Gasteiger partial charge is 0.266 e. The number of aromatic amines is 1. The van der Waals surface area contributed by atoms with Gasteiger partial charge in [0.2, 0.25) is 0 Å². The van der Waals surface area contributed by atoms with Gasteiger partial charge >= 0.3 is 0 Å². The van der Waals surface area contributed by atoms with Crippen LogP contribution in [-0.4, -0.2) is 63.6 Å². The van der Waals surface area contributed by atoms with E-state index in [-0.39, 0.29) is 5.91 Å². The van der Waals surface area contributed by atoms with Crippen molar-refractivity contribution >= 4 is 5.91 Å². The molecule has 1 unspecified atom stereocenters. The van der Waals surface area contributed by atoms with Gasteiger partial charge in [0.1, 0.15) is 17.3 Å². The van der Waals surface area contributed by atoms with Crippen LogP contribution in [0.2, 0.25) is 0 Å². The highest BCUT2D eigenvalue weighted by Gasteiger charge is 2.43.